The first-order chi connectivity index (χ1) is 14.4. The van der Waals surface area contributed by atoms with E-state index in [9.17, 15) is 19.2 Å². The second-order valence-electron chi connectivity index (χ2n) is 8.24. The lowest BCUT2D eigenvalue weighted by atomic mass is 9.96. The van der Waals surface area contributed by atoms with Crippen LogP contribution in [0.25, 0.3) is 0 Å². The van der Waals surface area contributed by atoms with Crippen molar-refractivity contribution in [2.75, 3.05) is 25.0 Å². The van der Waals surface area contributed by atoms with Gasteiger partial charge in [-0.3, -0.25) is 19.3 Å². The van der Waals surface area contributed by atoms with Crippen molar-refractivity contribution in [2.45, 2.75) is 44.2 Å². The number of urea groups is 1. The van der Waals surface area contributed by atoms with E-state index in [0.29, 0.717) is 24.4 Å². The molecular formula is C21H26N4O5. The smallest absolute Gasteiger partial charge is 0.325 e. The first-order valence-corrected chi connectivity index (χ1v) is 10.3. The Kier molecular flexibility index (Phi) is 5.46. The van der Waals surface area contributed by atoms with Gasteiger partial charge in [-0.1, -0.05) is 12.1 Å². The number of amides is 5. The van der Waals surface area contributed by atoms with Crippen LogP contribution in [0.4, 0.5) is 10.5 Å². The number of anilines is 1. The molecule has 2 saturated heterocycles. The average Bonchev–Trinajstić information content (AvgIpc) is 3.42. The molecule has 2 heterocycles. The zero-order valence-electron chi connectivity index (χ0n) is 16.9. The fourth-order valence-corrected chi connectivity index (χ4v) is 4.03. The van der Waals surface area contributed by atoms with Gasteiger partial charge in [0, 0.05) is 13.2 Å². The average molecular weight is 414 g/mol. The predicted molar refractivity (Wildman–Crippen MR) is 108 cm³/mol. The van der Waals surface area contributed by atoms with Crippen LogP contribution in [0.15, 0.2) is 24.3 Å². The number of benzene rings is 1. The molecule has 0 aromatic heterocycles. The maximum Gasteiger partial charge on any atom is 0.325 e. The number of ether oxygens (including phenoxy) is 1. The minimum absolute atomic E-state index is 0.0103. The maximum absolute atomic E-state index is 12.7. The first-order valence-electron chi connectivity index (χ1n) is 10.3. The lowest BCUT2D eigenvalue weighted by molar-refractivity contribution is -0.134. The minimum atomic E-state index is -0.933. The molecule has 160 valence electrons. The molecular weight excluding hydrogens is 388 g/mol. The van der Waals surface area contributed by atoms with Gasteiger partial charge in [0.25, 0.3) is 11.8 Å². The fraction of sp³-hybridized carbons (Fsp3) is 0.524. The number of imide groups is 1. The van der Waals surface area contributed by atoms with Crippen LogP contribution in [0.3, 0.4) is 0 Å². The van der Waals surface area contributed by atoms with E-state index < -0.39 is 24.0 Å². The van der Waals surface area contributed by atoms with E-state index in [1.807, 2.05) is 0 Å². The second kappa shape index (κ2) is 8.06. The molecule has 0 bridgehead atoms. The summed E-state index contributed by atoms with van der Waals surface area (Å²) in [5, 5.41) is 8.20. The molecule has 1 saturated carbocycles. The molecule has 1 aromatic carbocycles. The molecule has 30 heavy (non-hydrogen) atoms. The number of para-hydroxylation sites is 1. The Morgan fingerprint density at radius 2 is 2.00 bits per heavy atom. The summed E-state index contributed by atoms with van der Waals surface area (Å²) in [4.78, 5) is 51.0. The molecule has 3 aliphatic rings. The number of nitrogens with zero attached hydrogens (tertiary/aromatic N) is 1. The molecule has 9 nitrogen and oxygen atoms in total. The zero-order valence-corrected chi connectivity index (χ0v) is 16.9. The molecule has 1 aliphatic carbocycles. The van der Waals surface area contributed by atoms with Crippen LogP contribution < -0.4 is 16.0 Å². The SMILES string of the molecule is CC1(C2CC2)NC(=O)N(CC(=O)Nc2ccccc2C(=O)NCC2CCCO2)C1=O. The Morgan fingerprint density at radius 1 is 1.23 bits per heavy atom. The lowest BCUT2D eigenvalue weighted by Gasteiger charge is -2.21. The Hall–Kier alpha value is -2.94. The van der Waals surface area contributed by atoms with Gasteiger partial charge in [0.05, 0.1) is 17.4 Å². The maximum atomic E-state index is 12.7. The van der Waals surface area contributed by atoms with Crippen molar-refractivity contribution in [1.82, 2.24) is 15.5 Å². The summed E-state index contributed by atoms with van der Waals surface area (Å²) in [6, 6.07) is 6.06. The highest BCUT2D eigenvalue weighted by molar-refractivity contribution is 6.11. The number of hydrogen-bond donors (Lipinski definition) is 3. The van der Waals surface area contributed by atoms with Gasteiger partial charge in [0.1, 0.15) is 12.1 Å². The Balaban J connectivity index is 1.38. The summed E-state index contributed by atoms with van der Waals surface area (Å²) >= 11 is 0. The first kappa shape index (κ1) is 20.3. The number of rotatable bonds is 7. The van der Waals surface area contributed by atoms with Crippen molar-refractivity contribution in [3.8, 4) is 0 Å². The standard InChI is InChI=1S/C21H26N4O5/c1-21(13-8-9-13)19(28)25(20(29)24-21)12-17(26)23-16-7-3-2-6-15(16)18(27)22-11-14-5-4-10-30-14/h2-3,6-7,13-14H,4-5,8-12H2,1H3,(H,22,27)(H,23,26)(H,24,29). The van der Waals surface area contributed by atoms with Crippen molar-refractivity contribution < 1.29 is 23.9 Å². The number of nitrogens with one attached hydrogen (secondary N) is 3. The van der Waals surface area contributed by atoms with E-state index in [1.54, 1.807) is 31.2 Å². The highest BCUT2D eigenvalue weighted by atomic mass is 16.5. The molecule has 3 N–H and O–H groups in total. The van der Waals surface area contributed by atoms with Crippen LogP contribution in [0, 0.1) is 5.92 Å². The lowest BCUT2D eigenvalue weighted by Crippen LogP contribution is -2.46. The van der Waals surface area contributed by atoms with Crippen molar-refractivity contribution in [3.63, 3.8) is 0 Å². The molecule has 9 heteroatoms. The third-order valence-corrected chi connectivity index (χ3v) is 5.96. The molecule has 3 fully saturated rings. The third-order valence-electron chi connectivity index (χ3n) is 5.96. The van der Waals surface area contributed by atoms with E-state index in [-0.39, 0.29) is 23.8 Å². The molecule has 4 rings (SSSR count). The summed E-state index contributed by atoms with van der Waals surface area (Å²) in [6.07, 6.45) is 3.67. The van der Waals surface area contributed by atoms with Crippen LogP contribution in [0.1, 0.15) is 43.0 Å². The van der Waals surface area contributed by atoms with E-state index in [1.165, 1.54) is 0 Å². The Labute approximate surface area is 174 Å². The summed E-state index contributed by atoms with van der Waals surface area (Å²) in [6.45, 7) is 2.41. The monoisotopic (exact) mass is 414 g/mol. The van der Waals surface area contributed by atoms with E-state index in [4.69, 9.17) is 4.74 Å². The number of hydrogen-bond acceptors (Lipinski definition) is 5. The normalized spacial score (nSPS) is 25.9. The summed E-state index contributed by atoms with van der Waals surface area (Å²) in [5.41, 5.74) is -0.300. The van der Waals surface area contributed by atoms with Crippen LogP contribution in [0.2, 0.25) is 0 Å². The van der Waals surface area contributed by atoms with Crippen molar-refractivity contribution in [3.05, 3.63) is 29.8 Å². The van der Waals surface area contributed by atoms with Crippen molar-refractivity contribution in [2.24, 2.45) is 5.92 Å². The van der Waals surface area contributed by atoms with Gasteiger partial charge in [-0.25, -0.2) is 4.79 Å². The Bertz CT molecular complexity index is 878. The van der Waals surface area contributed by atoms with Crippen LogP contribution in [-0.2, 0) is 14.3 Å². The van der Waals surface area contributed by atoms with E-state index in [0.717, 1.165) is 30.6 Å². The van der Waals surface area contributed by atoms with Gasteiger partial charge >= 0.3 is 6.03 Å². The number of carbonyl (C=O) groups is 4. The zero-order chi connectivity index (χ0) is 21.3. The predicted octanol–water partition coefficient (Wildman–Crippen LogP) is 1.25. The van der Waals surface area contributed by atoms with Crippen LogP contribution in [0.5, 0.6) is 0 Å². The number of carbonyl (C=O) groups excluding carboxylic acids is 4. The van der Waals surface area contributed by atoms with E-state index in [2.05, 4.69) is 16.0 Å². The molecule has 2 atom stereocenters. The molecule has 1 aromatic rings. The minimum Gasteiger partial charge on any atom is -0.376 e. The van der Waals surface area contributed by atoms with Crippen molar-refractivity contribution >= 4 is 29.4 Å². The topological polar surface area (TPSA) is 117 Å². The highest BCUT2D eigenvalue weighted by Crippen LogP contribution is 2.42. The van der Waals surface area contributed by atoms with Gasteiger partial charge < -0.3 is 20.7 Å². The summed E-state index contributed by atoms with van der Waals surface area (Å²) in [5.74, 6) is -1.13. The van der Waals surface area contributed by atoms with Gasteiger partial charge in [0.2, 0.25) is 5.91 Å². The Morgan fingerprint density at radius 3 is 2.70 bits per heavy atom. The highest BCUT2D eigenvalue weighted by Gasteiger charge is 2.56. The van der Waals surface area contributed by atoms with Gasteiger partial charge in [-0.2, -0.15) is 0 Å². The largest absolute Gasteiger partial charge is 0.376 e. The third kappa shape index (κ3) is 4.02. The van der Waals surface area contributed by atoms with Crippen LogP contribution in [-0.4, -0.2) is 60.0 Å². The van der Waals surface area contributed by atoms with Gasteiger partial charge in [-0.15, -0.1) is 0 Å². The molecule has 0 radical (unpaired) electrons. The summed E-state index contributed by atoms with van der Waals surface area (Å²) in [7, 11) is 0. The summed E-state index contributed by atoms with van der Waals surface area (Å²) < 4.78 is 5.51. The van der Waals surface area contributed by atoms with Gasteiger partial charge in [-0.05, 0) is 50.7 Å². The van der Waals surface area contributed by atoms with E-state index >= 15 is 0 Å². The molecule has 2 unspecified atom stereocenters. The van der Waals surface area contributed by atoms with Crippen molar-refractivity contribution in [1.29, 1.82) is 0 Å². The molecule has 5 amide bonds. The quantitative estimate of drug-likeness (QED) is 0.581. The molecule has 0 spiro atoms. The fourth-order valence-electron chi connectivity index (χ4n) is 4.03. The van der Waals surface area contributed by atoms with Gasteiger partial charge in [0.15, 0.2) is 0 Å². The van der Waals surface area contributed by atoms with Crippen LogP contribution >= 0.6 is 0 Å². The molecule has 2 aliphatic heterocycles. The second-order valence-corrected chi connectivity index (χ2v) is 8.24.